The largest absolute Gasteiger partial charge is 0.340 e. The number of rotatable bonds is 4. The van der Waals surface area contributed by atoms with Crippen molar-refractivity contribution in [2.75, 3.05) is 51.7 Å². The van der Waals surface area contributed by atoms with E-state index >= 15 is 0 Å². The molecule has 0 unspecified atom stereocenters. The maximum absolute atomic E-state index is 13.0. The summed E-state index contributed by atoms with van der Waals surface area (Å²) in [5.74, 6) is -0.144. The fourth-order valence-electron chi connectivity index (χ4n) is 3.86. The number of aromatic nitrogens is 2. The molecule has 0 radical (unpaired) electrons. The van der Waals surface area contributed by atoms with Gasteiger partial charge in [0, 0.05) is 58.6 Å². The van der Waals surface area contributed by atoms with Crippen molar-refractivity contribution in [2.24, 2.45) is 5.92 Å². The Hall–Kier alpha value is -2.50. The van der Waals surface area contributed by atoms with Gasteiger partial charge in [0.25, 0.3) is 10.2 Å². The summed E-state index contributed by atoms with van der Waals surface area (Å²) in [6.07, 6.45) is 0.135. The van der Waals surface area contributed by atoms with E-state index in [4.69, 9.17) is 0 Å². The number of hydrogen-bond donors (Lipinski definition) is 1. The molecule has 11 heteroatoms. The minimum absolute atomic E-state index is 0.109. The van der Waals surface area contributed by atoms with E-state index in [-0.39, 0.29) is 37.9 Å². The predicted octanol–water partition coefficient (Wildman–Crippen LogP) is -0.134. The Kier molecular flexibility index (Phi) is 5.05. The third kappa shape index (κ3) is 3.49. The van der Waals surface area contributed by atoms with Crippen molar-refractivity contribution in [3.8, 4) is 0 Å². The summed E-state index contributed by atoms with van der Waals surface area (Å²) in [5, 5.41) is 8.02. The Morgan fingerprint density at radius 1 is 1.17 bits per heavy atom. The summed E-state index contributed by atoms with van der Waals surface area (Å²) in [4.78, 5) is 28.8. The standard InChI is InChI=1S/C18H24N6O4S/c1-21(2)29(27,28)23-9-7-22(8-10-23)18(26)13-11-16(25)24(12-13)17-14-5-3-4-6-15(14)19-20-17/h3-6,13H,7-12H2,1-2H3,(H,19,20)/t13-/m1/s1. The number of anilines is 1. The minimum atomic E-state index is -3.48. The van der Waals surface area contributed by atoms with Crippen LogP contribution < -0.4 is 4.90 Å². The van der Waals surface area contributed by atoms with Crippen molar-refractivity contribution in [3.05, 3.63) is 24.3 Å². The Morgan fingerprint density at radius 3 is 2.55 bits per heavy atom. The van der Waals surface area contributed by atoms with Gasteiger partial charge >= 0.3 is 0 Å². The van der Waals surface area contributed by atoms with Gasteiger partial charge in [-0.1, -0.05) is 12.1 Å². The quantitative estimate of drug-likeness (QED) is 0.741. The third-order valence-electron chi connectivity index (χ3n) is 5.52. The maximum Gasteiger partial charge on any atom is 0.281 e. The van der Waals surface area contributed by atoms with Crippen LogP contribution in [0, 0.1) is 5.92 Å². The van der Waals surface area contributed by atoms with Crippen LogP contribution in [-0.4, -0.2) is 90.8 Å². The normalized spacial score (nSPS) is 21.5. The number of benzene rings is 1. The van der Waals surface area contributed by atoms with Gasteiger partial charge in [0.15, 0.2) is 5.82 Å². The lowest BCUT2D eigenvalue weighted by atomic mass is 10.1. The molecule has 2 saturated heterocycles. The molecule has 2 aromatic rings. The van der Waals surface area contributed by atoms with Crippen molar-refractivity contribution in [1.29, 1.82) is 0 Å². The lowest BCUT2D eigenvalue weighted by Gasteiger charge is -2.36. The molecule has 0 bridgehead atoms. The van der Waals surface area contributed by atoms with E-state index < -0.39 is 16.1 Å². The van der Waals surface area contributed by atoms with Gasteiger partial charge in [-0.2, -0.15) is 22.1 Å². The smallest absolute Gasteiger partial charge is 0.281 e. The Bertz CT molecular complexity index is 1040. The highest BCUT2D eigenvalue weighted by Crippen LogP contribution is 2.30. The average molecular weight is 420 g/mol. The van der Waals surface area contributed by atoms with E-state index in [1.165, 1.54) is 22.7 Å². The van der Waals surface area contributed by atoms with E-state index in [0.29, 0.717) is 18.9 Å². The lowest BCUT2D eigenvalue weighted by molar-refractivity contribution is -0.137. The van der Waals surface area contributed by atoms with Crippen LogP contribution in [0.2, 0.25) is 0 Å². The molecule has 1 aromatic heterocycles. The number of para-hydroxylation sites is 1. The molecule has 156 valence electrons. The first kappa shape index (κ1) is 19.8. The number of fused-ring (bicyclic) bond motifs is 1. The van der Waals surface area contributed by atoms with E-state index in [2.05, 4.69) is 10.2 Å². The SMILES string of the molecule is CN(C)S(=O)(=O)N1CCN(C(=O)[C@@H]2CC(=O)N(c3n[nH]c4ccccc34)C2)CC1. The average Bonchev–Trinajstić information content (AvgIpc) is 3.30. The number of piperazine rings is 1. The first-order valence-corrected chi connectivity index (χ1v) is 10.9. The van der Waals surface area contributed by atoms with Crippen molar-refractivity contribution in [3.63, 3.8) is 0 Å². The molecule has 2 aliphatic rings. The molecule has 3 heterocycles. The molecule has 0 spiro atoms. The van der Waals surface area contributed by atoms with Gasteiger partial charge in [-0.15, -0.1) is 0 Å². The summed E-state index contributed by atoms with van der Waals surface area (Å²) < 4.78 is 27.0. The summed E-state index contributed by atoms with van der Waals surface area (Å²) in [6.45, 7) is 1.42. The molecule has 1 aromatic carbocycles. The Labute approximate surface area is 169 Å². The van der Waals surface area contributed by atoms with Crippen molar-refractivity contribution in [2.45, 2.75) is 6.42 Å². The third-order valence-corrected chi connectivity index (χ3v) is 7.46. The second-order valence-electron chi connectivity index (χ2n) is 7.51. The molecule has 2 fully saturated rings. The fraction of sp³-hybridized carbons (Fsp3) is 0.500. The van der Waals surface area contributed by atoms with Gasteiger partial charge in [0.2, 0.25) is 11.8 Å². The van der Waals surface area contributed by atoms with E-state index in [9.17, 15) is 18.0 Å². The van der Waals surface area contributed by atoms with Crippen LogP contribution in [0.4, 0.5) is 5.82 Å². The molecule has 10 nitrogen and oxygen atoms in total. The van der Waals surface area contributed by atoms with Crippen LogP contribution in [-0.2, 0) is 19.8 Å². The molecule has 0 aliphatic carbocycles. The van der Waals surface area contributed by atoms with Gasteiger partial charge in [-0.25, -0.2) is 0 Å². The zero-order chi connectivity index (χ0) is 20.8. The molecule has 0 saturated carbocycles. The van der Waals surface area contributed by atoms with E-state index in [1.54, 1.807) is 9.80 Å². The van der Waals surface area contributed by atoms with Crippen LogP contribution in [0.15, 0.2) is 24.3 Å². The maximum atomic E-state index is 13.0. The predicted molar refractivity (Wildman–Crippen MR) is 107 cm³/mol. The van der Waals surface area contributed by atoms with Gasteiger partial charge in [-0.05, 0) is 12.1 Å². The number of carbonyl (C=O) groups excluding carboxylic acids is 2. The molecule has 4 rings (SSSR count). The molecule has 2 amide bonds. The Balaban J connectivity index is 1.43. The van der Waals surface area contributed by atoms with Gasteiger partial charge in [-0.3, -0.25) is 19.6 Å². The van der Waals surface area contributed by atoms with Gasteiger partial charge in [0.05, 0.1) is 11.4 Å². The highest BCUT2D eigenvalue weighted by molar-refractivity contribution is 7.86. The highest BCUT2D eigenvalue weighted by atomic mass is 32.2. The summed E-state index contributed by atoms with van der Waals surface area (Å²) in [5.41, 5.74) is 0.836. The zero-order valence-electron chi connectivity index (χ0n) is 16.4. The van der Waals surface area contributed by atoms with Crippen LogP contribution in [0.1, 0.15) is 6.42 Å². The van der Waals surface area contributed by atoms with Crippen molar-refractivity contribution < 1.29 is 18.0 Å². The number of nitrogens with zero attached hydrogens (tertiary/aromatic N) is 5. The van der Waals surface area contributed by atoms with Gasteiger partial charge in [0.1, 0.15) is 0 Å². The summed E-state index contributed by atoms with van der Waals surface area (Å²) in [6, 6.07) is 7.54. The number of aromatic amines is 1. The van der Waals surface area contributed by atoms with Crippen molar-refractivity contribution >= 4 is 38.7 Å². The molecule has 1 atom stereocenters. The number of H-pyrrole nitrogens is 1. The highest BCUT2D eigenvalue weighted by Gasteiger charge is 2.40. The van der Waals surface area contributed by atoms with Gasteiger partial charge < -0.3 is 4.90 Å². The molecule has 1 N–H and O–H groups in total. The van der Waals surface area contributed by atoms with E-state index in [0.717, 1.165) is 10.9 Å². The second-order valence-corrected chi connectivity index (χ2v) is 9.66. The lowest BCUT2D eigenvalue weighted by Crippen LogP contribution is -2.54. The van der Waals surface area contributed by atoms with Crippen LogP contribution >= 0.6 is 0 Å². The number of nitrogens with one attached hydrogen (secondary N) is 1. The fourth-order valence-corrected chi connectivity index (χ4v) is 4.95. The molecular formula is C18H24N6O4S. The minimum Gasteiger partial charge on any atom is -0.340 e. The van der Waals surface area contributed by atoms with Crippen molar-refractivity contribution in [1.82, 2.24) is 23.7 Å². The molecule has 29 heavy (non-hydrogen) atoms. The van der Waals surface area contributed by atoms with Crippen LogP contribution in [0.5, 0.6) is 0 Å². The second kappa shape index (κ2) is 7.39. The van der Waals surface area contributed by atoms with E-state index in [1.807, 2.05) is 24.3 Å². The first-order chi connectivity index (χ1) is 13.8. The first-order valence-electron chi connectivity index (χ1n) is 9.49. The molecule has 2 aliphatic heterocycles. The number of carbonyl (C=O) groups is 2. The molecular weight excluding hydrogens is 396 g/mol. The summed E-state index contributed by atoms with van der Waals surface area (Å²) in [7, 11) is -0.501. The number of amides is 2. The monoisotopic (exact) mass is 420 g/mol. The van der Waals surface area contributed by atoms with Crippen LogP contribution in [0.3, 0.4) is 0 Å². The Morgan fingerprint density at radius 2 is 1.86 bits per heavy atom. The zero-order valence-corrected chi connectivity index (χ0v) is 17.2. The topological polar surface area (TPSA) is 110 Å². The van der Waals surface area contributed by atoms with Crippen LogP contribution in [0.25, 0.3) is 10.9 Å². The number of hydrogen-bond acceptors (Lipinski definition) is 5. The summed E-state index contributed by atoms with van der Waals surface area (Å²) >= 11 is 0.